The number of hydrogen-bond acceptors (Lipinski definition) is 3. The standard InChI is InChI=1S/C7H11FN2S/c1-9-3-2-6-5-11-7(4-8)10-6/h5,9H,2-4H2,1H3. The van der Waals surface area contributed by atoms with Gasteiger partial charge in [0.15, 0.2) is 0 Å². The molecule has 0 spiro atoms. The fourth-order valence-electron chi connectivity index (χ4n) is 0.778. The Bertz CT molecular complexity index is 212. The highest BCUT2D eigenvalue weighted by Gasteiger charge is 1.99. The first-order valence-corrected chi connectivity index (χ1v) is 4.38. The van der Waals surface area contributed by atoms with Crippen molar-refractivity contribution in [1.29, 1.82) is 0 Å². The molecule has 1 heterocycles. The predicted molar refractivity (Wildman–Crippen MR) is 44.6 cm³/mol. The highest BCUT2D eigenvalue weighted by Crippen LogP contribution is 2.10. The van der Waals surface area contributed by atoms with Crippen LogP contribution in [0, 0.1) is 0 Å². The molecule has 0 fully saturated rings. The number of hydrogen-bond donors (Lipinski definition) is 1. The average molecular weight is 174 g/mol. The Hall–Kier alpha value is -0.480. The minimum atomic E-state index is -0.440. The second kappa shape index (κ2) is 4.41. The number of alkyl halides is 1. The molecule has 0 saturated carbocycles. The molecule has 0 saturated heterocycles. The quantitative estimate of drug-likeness (QED) is 0.745. The summed E-state index contributed by atoms with van der Waals surface area (Å²) in [5, 5.41) is 5.50. The first kappa shape index (κ1) is 8.62. The molecule has 62 valence electrons. The van der Waals surface area contributed by atoms with E-state index in [1.165, 1.54) is 11.3 Å². The Morgan fingerprint density at radius 2 is 2.55 bits per heavy atom. The second-order valence-corrected chi connectivity index (χ2v) is 3.16. The number of nitrogens with zero attached hydrogens (tertiary/aromatic N) is 1. The predicted octanol–water partition coefficient (Wildman–Crippen LogP) is 1.37. The van der Waals surface area contributed by atoms with Gasteiger partial charge >= 0.3 is 0 Å². The van der Waals surface area contributed by atoms with Crippen molar-refractivity contribution in [1.82, 2.24) is 10.3 Å². The smallest absolute Gasteiger partial charge is 0.141 e. The Balaban J connectivity index is 2.44. The molecule has 11 heavy (non-hydrogen) atoms. The van der Waals surface area contributed by atoms with E-state index in [9.17, 15) is 4.39 Å². The van der Waals surface area contributed by atoms with E-state index in [2.05, 4.69) is 10.3 Å². The highest BCUT2D eigenvalue weighted by molar-refractivity contribution is 7.09. The Kier molecular flexibility index (Phi) is 3.45. The molecule has 1 rings (SSSR count). The third-order valence-electron chi connectivity index (χ3n) is 1.34. The minimum Gasteiger partial charge on any atom is -0.319 e. The van der Waals surface area contributed by atoms with E-state index in [1.807, 2.05) is 12.4 Å². The van der Waals surface area contributed by atoms with Crippen molar-refractivity contribution in [3.63, 3.8) is 0 Å². The van der Waals surface area contributed by atoms with Crippen LogP contribution >= 0.6 is 11.3 Å². The SMILES string of the molecule is CNCCc1csc(CF)n1. The van der Waals surface area contributed by atoms with Gasteiger partial charge < -0.3 is 5.32 Å². The number of halogens is 1. The van der Waals surface area contributed by atoms with Crippen LogP contribution in [0.15, 0.2) is 5.38 Å². The lowest BCUT2D eigenvalue weighted by Crippen LogP contribution is -2.10. The molecule has 1 N–H and O–H groups in total. The van der Waals surface area contributed by atoms with Gasteiger partial charge in [-0.2, -0.15) is 0 Å². The summed E-state index contributed by atoms with van der Waals surface area (Å²) in [6.45, 7) is 0.458. The largest absolute Gasteiger partial charge is 0.319 e. The summed E-state index contributed by atoms with van der Waals surface area (Å²) < 4.78 is 12.0. The Labute approximate surface area is 69.5 Å². The maximum Gasteiger partial charge on any atom is 0.141 e. The molecule has 0 bridgehead atoms. The third-order valence-corrected chi connectivity index (χ3v) is 2.21. The molecule has 0 radical (unpaired) electrons. The van der Waals surface area contributed by atoms with Crippen LogP contribution in [0.4, 0.5) is 4.39 Å². The number of rotatable bonds is 4. The normalized spacial score (nSPS) is 10.4. The van der Waals surface area contributed by atoms with Crippen molar-refractivity contribution in [2.24, 2.45) is 0 Å². The van der Waals surface area contributed by atoms with Crippen LogP contribution in [0.3, 0.4) is 0 Å². The van der Waals surface area contributed by atoms with Crippen molar-refractivity contribution in [2.75, 3.05) is 13.6 Å². The lowest BCUT2D eigenvalue weighted by molar-refractivity contribution is 0.482. The van der Waals surface area contributed by atoms with Crippen LogP contribution in [0.2, 0.25) is 0 Å². The molecular formula is C7H11FN2S. The Morgan fingerprint density at radius 1 is 1.73 bits per heavy atom. The summed E-state index contributed by atoms with van der Waals surface area (Å²) in [6, 6.07) is 0. The van der Waals surface area contributed by atoms with Crippen LogP contribution in [0.1, 0.15) is 10.7 Å². The monoisotopic (exact) mass is 174 g/mol. The van der Waals surface area contributed by atoms with Gasteiger partial charge in [-0.1, -0.05) is 0 Å². The second-order valence-electron chi connectivity index (χ2n) is 2.22. The molecule has 0 aliphatic carbocycles. The lowest BCUT2D eigenvalue weighted by Gasteiger charge is -1.92. The van der Waals surface area contributed by atoms with Crippen LogP contribution in [0.5, 0.6) is 0 Å². The zero-order valence-electron chi connectivity index (χ0n) is 6.43. The fourth-order valence-corrected chi connectivity index (χ4v) is 1.45. The van der Waals surface area contributed by atoms with Gasteiger partial charge in [-0.3, -0.25) is 0 Å². The third kappa shape index (κ3) is 2.55. The maximum atomic E-state index is 12.0. The maximum absolute atomic E-state index is 12.0. The molecule has 1 aromatic heterocycles. The number of likely N-dealkylation sites (N-methyl/N-ethyl adjacent to an activating group) is 1. The molecular weight excluding hydrogens is 163 g/mol. The van der Waals surface area contributed by atoms with Crippen molar-refractivity contribution in [2.45, 2.75) is 13.1 Å². The van der Waals surface area contributed by atoms with E-state index >= 15 is 0 Å². The van der Waals surface area contributed by atoms with Gasteiger partial charge in [-0.05, 0) is 7.05 Å². The minimum absolute atomic E-state index is 0.440. The van der Waals surface area contributed by atoms with E-state index in [0.29, 0.717) is 5.01 Å². The highest BCUT2D eigenvalue weighted by atomic mass is 32.1. The zero-order valence-corrected chi connectivity index (χ0v) is 7.25. The van der Waals surface area contributed by atoms with Crippen molar-refractivity contribution in [3.8, 4) is 0 Å². The number of thiazole rings is 1. The summed E-state index contributed by atoms with van der Waals surface area (Å²) in [7, 11) is 1.89. The van der Waals surface area contributed by atoms with E-state index < -0.39 is 6.67 Å². The molecule has 0 atom stereocenters. The summed E-state index contributed by atoms with van der Waals surface area (Å²) in [6.07, 6.45) is 0.882. The molecule has 2 nitrogen and oxygen atoms in total. The molecule has 1 aromatic rings. The first-order valence-electron chi connectivity index (χ1n) is 3.50. The van der Waals surface area contributed by atoms with Gasteiger partial charge in [0.05, 0.1) is 5.69 Å². The van der Waals surface area contributed by atoms with Gasteiger partial charge in [-0.25, -0.2) is 9.37 Å². The van der Waals surface area contributed by atoms with Crippen LogP contribution in [-0.2, 0) is 13.1 Å². The van der Waals surface area contributed by atoms with Crippen LogP contribution < -0.4 is 5.32 Å². The van der Waals surface area contributed by atoms with Crippen molar-refractivity contribution < 1.29 is 4.39 Å². The van der Waals surface area contributed by atoms with Gasteiger partial charge in [0.1, 0.15) is 11.7 Å². The van der Waals surface area contributed by atoms with Gasteiger partial charge in [0.2, 0.25) is 0 Å². The van der Waals surface area contributed by atoms with E-state index in [-0.39, 0.29) is 0 Å². The van der Waals surface area contributed by atoms with E-state index in [0.717, 1.165) is 18.7 Å². The molecule has 0 aromatic carbocycles. The van der Waals surface area contributed by atoms with Crippen LogP contribution in [0.25, 0.3) is 0 Å². The molecule has 0 aliphatic rings. The van der Waals surface area contributed by atoms with Crippen molar-refractivity contribution in [3.05, 3.63) is 16.1 Å². The molecule has 0 amide bonds. The van der Waals surface area contributed by atoms with E-state index in [4.69, 9.17) is 0 Å². The summed E-state index contributed by atoms with van der Waals surface area (Å²) in [5.74, 6) is 0. The van der Waals surface area contributed by atoms with Gasteiger partial charge in [0.25, 0.3) is 0 Å². The Morgan fingerprint density at radius 3 is 3.09 bits per heavy atom. The lowest BCUT2D eigenvalue weighted by atomic mass is 10.3. The zero-order chi connectivity index (χ0) is 8.10. The fraction of sp³-hybridized carbons (Fsp3) is 0.571. The summed E-state index contributed by atoms with van der Waals surface area (Å²) in [4.78, 5) is 4.07. The first-order chi connectivity index (χ1) is 5.36. The molecule has 0 unspecified atom stereocenters. The van der Waals surface area contributed by atoms with E-state index in [1.54, 1.807) is 0 Å². The topological polar surface area (TPSA) is 24.9 Å². The van der Waals surface area contributed by atoms with Crippen LogP contribution in [-0.4, -0.2) is 18.6 Å². The van der Waals surface area contributed by atoms with Crippen molar-refractivity contribution >= 4 is 11.3 Å². The summed E-state index contributed by atoms with van der Waals surface area (Å²) >= 11 is 1.39. The molecule has 4 heteroatoms. The summed E-state index contributed by atoms with van der Waals surface area (Å²) in [5.41, 5.74) is 0.983. The number of nitrogens with one attached hydrogen (secondary N) is 1. The number of aromatic nitrogens is 1. The molecule has 0 aliphatic heterocycles. The van der Waals surface area contributed by atoms with Gasteiger partial charge in [-0.15, -0.1) is 11.3 Å². The van der Waals surface area contributed by atoms with Gasteiger partial charge in [0, 0.05) is 18.3 Å². The average Bonchev–Trinajstić information content (AvgIpc) is 2.48.